The molecule has 1 aromatic carbocycles. The lowest BCUT2D eigenvalue weighted by atomic mass is 10.2. The highest BCUT2D eigenvalue weighted by atomic mass is 32.2. The molecular formula is C15H17N3O5S. The van der Waals surface area contributed by atoms with E-state index in [0.29, 0.717) is 16.6 Å². The van der Waals surface area contributed by atoms with E-state index in [2.05, 4.69) is 15.6 Å². The summed E-state index contributed by atoms with van der Waals surface area (Å²) in [5.41, 5.74) is 0.658. The van der Waals surface area contributed by atoms with Crippen molar-refractivity contribution in [1.82, 2.24) is 10.6 Å². The topological polar surface area (TPSA) is 117 Å². The first-order valence-electron chi connectivity index (χ1n) is 7.16. The van der Waals surface area contributed by atoms with E-state index in [9.17, 15) is 14.4 Å². The van der Waals surface area contributed by atoms with Crippen LogP contribution in [0.4, 0.5) is 5.69 Å². The van der Waals surface area contributed by atoms with Crippen LogP contribution in [0, 0.1) is 0 Å². The van der Waals surface area contributed by atoms with Crippen LogP contribution >= 0.6 is 11.8 Å². The number of amides is 2. The fourth-order valence-electron chi connectivity index (χ4n) is 1.92. The number of hydrogen-bond acceptors (Lipinski definition) is 6. The maximum absolute atomic E-state index is 11.9. The average molecular weight is 351 g/mol. The summed E-state index contributed by atoms with van der Waals surface area (Å²) < 4.78 is 5.06. The van der Waals surface area contributed by atoms with E-state index in [1.54, 1.807) is 31.4 Å². The van der Waals surface area contributed by atoms with E-state index in [1.807, 2.05) is 0 Å². The van der Waals surface area contributed by atoms with E-state index in [-0.39, 0.29) is 31.2 Å². The first-order chi connectivity index (χ1) is 11.5. The SMILES string of the molecule is COc1ccc(N=C2NC(=O)C(CC(=O)NCCC(=O)O)S2)cc1. The van der Waals surface area contributed by atoms with Gasteiger partial charge in [0.05, 0.1) is 19.2 Å². The quantitative estimate of drug-likeness (QED) is 0.672. The molecule has 1 heterocycles. The summed E-state index contributed by atoms with van der Waals surface area (Å²) in [6, 6.07) is 7.03. The number of nitrogens with zero attached hydrogens (tertiary/aromatic N) is 1. The molecule has 2 rings (SSSR count). The summed E-state index contributed by atoms with van der Waals surface area (Å²) in [7, 11) is 1.57. The molecule has 1 aliphatic heterocycles. The maximum Gasteiger partial charge on any atom is 0.305 e. The Morgan fingerprint density at radius 1 is 1.38 bits per heavy atom. The number of hydrogen-bond donors (Lipinski definition) is 3. The van der Waals surface area contributed by atoms with E-state index in [1.165, 1.54) is 11.8 Å². The van der Waals surface area contributed by atoms with Crippen molar-refractivity contribution < 1.29 is 24.2 Å². The van der Waals surface area contributed by atoms with Gasteiger partial charge in [-0.2, -0.15) is 0 Å². The minimum absolute atomic E-state index is 0.0300. The Morgan fingerprint density at radius 2 is 2.08 bits per heavy atom. The largest absolute Gasteiger partial charge is 0.497 e. The number of carboxylic acids is 1. The van der Waals surface area contributed by atoms with Gasteiger partial charge in [0.25, 0.3) is 0 Å². The third-order valence-electron chi connectivity index (χ3n) is 3.11. The van der Waals surface area contributed by atoms with Crippen molar-refractivity contribution in [1.29, 1.82) is 0 Å². The molecule has 9 heteroatoms. The van der Waals surface area contributed by atoms with Gasteiger partial charge in [0.1, 0.15) is 11.0 Å². The fraction of sp³-hybridized carbons (Fsp3) is 0.333. The molecule has 2 amide bonds. The normalized spacial score (nSPS) is 18.3. The van der Waals surface area contributed by atoms with Crippen molar-refractivity contribution in [2.24, 2.45) is 4.99 Å². The van der Waals surface area contributed by atoms with Crippen LogP contribution in [-0.4, -0.2) is 47.0 Å². The number of methoxy groups -OCH3 is 1. The van der Waals surface area contributed by atoms with Crippen LogP contribution in [0.3, 0.4) is 0 Å². The minimum atomic E-state index is -0.989. The highest BCUT2D eigenvalue weighted by Gasteiger charge is 2.32. The van der Waals surface area contributed by atoms with Crippen molar-refractivity contribution in [3.63, 3.8) is 0 Å². The van der Waals surface area contributed by atoms with E-state index < -0.39 is 11.2 Å². The smallest absolute Gasteiger partial charge is 0.305 e. The molecule has 8 nitrogen and oxygen atoms in total. The van der Waals surface area contributed by atoms with Crippen LogP contribution in [0.25, 0.3) is 0 Å². The number of nitrogens with one attached hydrogen (secondary N) is 2. The number of carbonyl (C=O) groups excluding carboxylic acids is 2. The zero-order chi connectivity index (χ0) is 17.5. The van der Waals surface area contributed by atoms with Gasteiger partial charge < -0.3 is 20.5 Å². The molecule has 0 aliphatic carbocycles. The van der Waals surface area contributed by atoms with Crippen molar-refractivity contribution in [2.45, 2.75) is 18.1 Å². The average Bonchev–Trinajstić information content (AvgIpc) is 2.87. The van der Waals surface area contributed by atoms with Gasteiger partial charge in [-0.1, -0.05) is 11.8 Å². The summed E-state index contributed by atoms with van der Waals surface area (Å²) in [5, 5.41) is 13.5. The number of aliphatic imine (C=N–C) groups is 1. The van der Waals surface area contributed by atoms with Crippen LogP contribution in [0.15, 0.2) is 29.3 Å². The van der Waals surface area contributed by atoms with Gasteiger partial charge in [0.2, 0.25) is 11.8 Å². The molecular weight excluding hydrogens is 334 g/mol. The molecule has 0 radical (unpaired) electrons. The lowest BCUT2D eigenvalue weighted by Gasteiger charge is -2.05. The standard InChI is InChI=1S/C15H17N3O5S/c1-23-10-4-2-9(3-5-10)17-15-18-14(22)11(24-15)8-12(19)16-7-6-13(20)21/h2-5,11H,6-8H2,1H3,(H,16,19)(H,20,21)(H,17,18,22). The Kier molecular flexibility index (Phi) is 6.19. The van der Waals surface area contributed by atoms with Crippen molar-refractivity contribution in [2.75, 3.05) is 13.7 Å². The summed E-state index contributed by atoms with van der Waals surface area (Å²) in [6.45, 7) is 0.0416. The molecule has 0 aromatic heterocycles. The summed E-state index contributed by atoms with van der Waals surface area (Å²) in [5.74, 6) is -0.939. The van der Waals surface area contributed by atoms with Gasteiger partial charge in [-0.3, -0.25) is 14.4 Å². The van der Waals surface area contributed by atoms with Crippen LogP contribution in [0.5, 0.6) is 5.75 Å². The number of amidine groups is 1. The highest BCUT2D eigenvalue weighted by Crippen LogP contribution is 2.26. The molecule has 1 aliphatic rings. The molecule has 1 fully saturated rings. The molecule has 1 unspecified atom stereocenters. The summed E-state index contributed by atoms with van der Waals surface area (Å²) in [4.78, 5) is 38.3. The number of thioether (sulfide) groups is 1. The Hall–Kier alpha value is -2.55. The van der Waals surface area contributed by atoms with Crippen LogP contribution in [-0.2, 0) is 14.4 Å². The first-order valence-corrected chi connectivity index (χ1v) is 8.04. The van der Waals surface area contributed by atoms with Gasteiger partial charge in [-0.25, -0.2) is 4.99 Å². The lowest BCUT2D eigenvalue weighted by molar-refractivity contribution is -0.137. The minimum Gasteiger partial charge on any atom is -0.497 e. The number of rotatable bonds is 7. The van der Waals surface area contributed by atoms with Gasteiger partial charge in [0, 0.05) is 13.0 Å². The summed E-state index contributed by atoms with van der Waals surface area (Å²) >= 11 is 1.17. The van der Waals surface area contributed by atoms with Crippen LogP contribution in [0.2, 0.25) is 0 Å². The van der Waals surface area contributed by atoms with Gasteiger partial charge in [0.15, 0.2) is 5.17 Å². The third-order valence-corrected chi connectivity index (χ3v) is 4.19. The Bertz CT molecular complexity index is 660. The third kappa shape index (κ3) is 5.27. The highest BCUT2D eigenvalue weighted by molar-refractivity contribution is 8.15. The molecule has 128 valence electrons. The van der Waals surface area contributed by atoms with Gasteiger partial charge in [-0.15, -0.1) is 0 Å². The molecule has 1 aromatic rings. The maximum atomic E-state index is 11.9. The number of ether oxygens (including phenoxy) is 1. The Morgan fingerprint density at radius 3 is 2.71 bits per heavy atom. The molecule has 0 bridgehead atoms. The van der Waals surface area contributed by atoms with E-state index in [0.717, 1.165) is 0 Å². The van der Waals surface area contributed by atoms with Gasteiger partial charge >= 0.3 is 5.97 Å². The predicted octanol–water partition coefficient (Wildman–Crippen LogP) is 0.895. The lowest BCUT2D eigenvalue weighted by Crippen LogP contribution is -2.32. The number of carboxylic acid groups (broad SMARTS) is 1. The van der Waals surface area contributed by atoms with Crippen LogP contribution in [0.1, 0.15) is 12.8 Å². The molecule has 1 atom stereocenters. The second kappa shape index (κ2) is 8.34. The second-order valence-electron chi connectivity index (χ2n) is 4.91. The van der Waals surface area contributed by atoms with Crippen molar-refractivity contribution >= 4 is 40.4 Å². The summed E-state index contributed by atoms with van der Waals surface area (Å²) in [6.07, 6.45) is -0.183. The molecule has 3 N–H and O–H groups in total. The fourth-order valence-corrected chi connectivity index (χ4v) is 2.90. The van der Waals surface area contributed by atoms with Crippen molar-refractivity contribution in [3.05, 3.63) is 24.3 Å². The molecule has 1 saturated heterocycles. The second-order valence-corrected chi connectivity index (χ2v) is 6.10. The number of aliphatic carboxylic acids is 1. The van der Waals surface area contributed by atoms with Crippen LogP contribution < -0.4 is 15.4 Å². The van der Waals surface area contributed by atoms with Crippen molar-refractivity contribution in [3.8, 4) is 5.75 Å². The van der Waals surface area contributed by atoms with E-state index >= 15 is 0 Å². The number of benzene rings is 1. The molecule has 0 saturated carbocycles. The first kappa shape index (κ1) is 17.8. The molecule has 0 spiro atoms. The zero-order valence-corrected chi connectivity index (χ0v) is 13.8. The monoisotopic (exact) mass is 351 g/mol. The van der Waals surface area contributed by atoms with E-state index in [4.69, 9.17) is 9.84 Å². The zero-order valence-electron chi connectivity index (χ0n) is 12.9. The Labute approximate surface area is 142 Å². The predicted molar refractivity (Wildman–Crippen MR) is 89.5 cm³/mol. The van der Waals surface area contributed by atoms with Gasteiger partial charge in [-0.05, 0) is 24.3 Å². The Balaban J connectivity index is 1.88. The number of carbonyl (C=O) groups is 3. The molecule has 24 heavy (non-hydrogen) atoms.